The summed E-state index contributed by atoms with van der Waals surface area (Å²) in [7, 11) is 0. The third kappa shape index (κ3) is 4.91. The molecule has 0 aromatic heterocycles. The monoisotopic (exact) mass is 536 g/mol. The van der Waals surface area contributed by atoms with Crippen LogP contribution in [0.5, 0.6) is 0 Å². The standard InChI is InChI=1S/C36H25Br/c37-32-22-19-27(20-23-32)26-15-17-30(18-16-26)36(29-11-5-2-6-12-29)25-31-21-24-34(28-9-3-1-4-10-28)35-14-8-7-13-33(31)35/h1-25H/b36-25-. The van der Waals surface area contributed by atoms with E-state index in [1.54, 1.807) is 0 Å². The Morgan fingerprint density at radius 2 is 0.973 bits per heavy atom. The van der Waals surface area contributed by atoms with Gasteiger partial charge in [-0.15, -0.1) is 0 Å². The van der Waals surface area contributed by atoms with E-state index in [-0.39, 0.29) is 0 Å². The summed E-state index contributed by atoms with van der Waals surface area (Å²) in [5.74, 6) is 0. The van der Waals surface area contributed by atoms with Gasteiger partial charge >= 0.3 is 0 Å². The van der Waals surface area contributed by atoms with Crippen molar-refractivity contribution in [2.75, 3.05) is 0 Å². The molecular formula is C36H25Br. The van der Waals surface area contributed by atoms with E-state index < -0.39 is 0 Å². The average molecular weight is 538 g/mol. The van der Waals surface area contributed by atoms with Crippen molar-refractivity contribution in [2.45, 2.75) is 0 Å². The number of hydrogen-bond acceptors (Lipinski definition) is 0. The Bertz CT molecular complexity index is 1680. The van der Waals surface area contributed by atoms with Gasteiger partial charge in [0, 0.05) is 4.47 Å². The molecule has 0 aliphatic rings. The zero-order chi connectivity index (χ0) is 25.0. The lowest BCUT2D eigenvalue weighted by molar-refractivity contribution is 1.54. The van der Waals surface area contributed by atoms with Crippen LogP contribution in [-0.4, -0.2) is 0 Å². The van der Waals surface area contributed by atoms with Crippen LogP contribution in [0.2, 0.25) is 0 Å². The molecule has 0 heterocycles. The lowest BCUT2D eigenvalue weighted by Crippen LogP contribution is -1.90. The number of benzene rings is 6. The number of hydrogen-bond donors (Lipinski definition) is 0. The second-order valence-corrected chi connectivity index (χ2v) is 10.0. The largest absolute Gasteiger partial charge is 0.0622 e. The maximum absolute atomic E-state index is 3.53. The minimum absolute atomic E-state index is 1.09. The molecule has 0 spiro atoms. The van der Waals surface area contributed by atoms with Gasteiger partial charge in [-0.05, 0) is 73.5 Å². The molecule has 0 saturated heterocycles. The molecule has 6 aromatic carbocycles. The molecule has 0 bridgehead atoms. The Labute approximate surface area is 226 Å². The van der Waals surface area contributed by atoms with Gasteiger partial charge in [0.05, 0.1) is 0 Å². The van der Waals surface area contributed by atoms with Crippen LogP contribution in [-0.2, 0) is 0 Å². The number of fused-ring (bicyclic) bond motifs is 1. The highest BCUT2D eigenvalue weighted by Gasteiger charge is 2.10. The molecule has 0 N–H and O–H groups in total. The molecule has 0 atom stereocenters. The van der Waals surface area contributed by atoms with Crippen LogP contribution < -0.4 is 0 Å². The SMILES string of the molecule is Brc1ccc(-c2ccc(/C(=C\c3ccc(-c4ccccc4)c4ccccc34)c3ccccc3)cc2)cc1. The van der Waals surface area contributed by atoms with E-state index in [9.17, 15) is 0 Å². The number of halogens is 1. The fourth-order valence-corrected chi connectivity index (χ4v) is 5.17. The topological polar surface area (TPSA) is 0 Å². The minimum Gasteiger partial charge on any atom is -0.0622 e. The molecule has 0 aliphatic heterocycles. The first kappa shape index (κ1) is 23.2. The second kappa shape index (κ2) is 10.4. The molecule has 0 aliphatic carbocycles. The smallest absolute Gasteiger partial charge is 0.0175 e. The van der Waals surface area contributed by atoms with Crippen molar-refractivity contribution < 1.29 is 0 Å². The molecule has 6 rings (SSSR count). The Kier molecular flexibility index (Phi) is 6.54. The van der Waals surface area contributed by atoms with Gasteiger partial charge < -0.3 is 0 Å². The first-order valence-corrected chi connectivity index (χ1v) is 13.3. The lowest BCUT2D eigenvalue weighted by atomic mass is 9.91. The first-order chi connectivity index (χ1) is 18.3. The van der Waals surface area contributed by atoms with Crippen molar-refractivity contribution >= 4 is 38.4 Å². The van der Waals surface area contributed by atoms with E-state index in [2.05, 4.69) is 168 Å². The van der Waals surface area contributed by atoms with Crippen LogP contribution in [0.1, 0.15) is 16.7 Å². The Hall–Kier alpha value is -4.20. The summed E-state index contributed by atoms with van der Waals surface area (Å²) in [4.78, 5) is 0. The Morgan fingerprint density at radius 1 is 0.432 bits per heavy atom. The van der Waals surface area contributed by atoms with E-state index >= 15 is 0 Å². The highest BCUT2D eigenvalue weighted by Crippen LogP contribution is 2.34. The summed E-state index contributed by atoms with van der Waals surface area (Å²) in [6, 6.07) is 51.9. The highest BCUT2D eigenvalue weighted by atomic mass is 79.9. The third-order valence-corrected chi connectivity index (χ3v) is 7.33. The van der Waals surface area contributed by atoms with Crippen LogP contribution in [0.25, 0.3) is 44.7 Å². The van der Waals surface area contributed by atoms with Gasteiger partial charge in [0.2, 0.25) is 0 Å². The van der Waals surface area contributed by atoms with Crippen molar-refractivity contribution in [2.24, 2.45) is 0 Å². The van der Waals surface area contributed by atoms with E-state index in [4.69, 9.17) is 0 Å². The van der Waals surface area contributed by atoms with Crippen molar-refractivity contribution in [3.05, 3.63) is 167 Å². The zero-order valence-electron chi connectivity index (χ0n) is 20.3. The summed E-state index contributed by atoms with van der Waals surface area (Å²) < 4.78 is 1.09. The van der Waals surface area contributed by atoms with Gasteiger partial charge in [-0.1, -0.05) is 149 Å². The summed E-state index contributed by atoms with van der Waals surface area (Å²) in [6.45, 7) is 0. The highest BCUT2D eigenvalue weighted by molar-refractivity contribution is 9.10. The third-order valence-electron chi connectivity index (χ3n) is 6.80. The molecular weight excluding hydrogens is 512 g/mol. The molecule has 0 saturated carbocycles. The predicted molar refractivity (Wildman–Crippen MR) is 162 cm³/mol. The first-order valence-electron chi connectivity index (χ1n) is 12.5. The fraction of sp³-hybridized carbons (Fsp3) is 0. The van der Waals surface area contributed by atoms with Crippen molar-refractivity contribution in [3.63, 3.8) is 0 Å². The summed E-state index contributed by atoms with van der Waals surface area (Å²) >= 11 is 3.53. The molecule has 0 fully saturated rings. The average Bonchev–Trinajstić information content (AvgIpc) is 2.97. The van der Waals surface area contributed by atoms with Crippen LogP contribution >= 0.6 is 15.9 Å². The van der Waals surface area contributed by atoms with Gasteiger partial charge in [-0.2, -0.15) is 0 Å². The normalized spacial score (nSPS) is 11.5. The zero-order valence-corrected chi connectivity index (χ0v) is 21.9. The van der Waals surface area contributed by atoms with Crippen molar-refractivity contribution in [1.29, 1.82) is 0 Å². The summed E-state index contributed by atoms with van der Waals surface area (Å²) in [5, 5.41) is 2.52. The fourth-order valence-electron chi connectivity index (χ4n) is 4.91. The van der Waals surface area contributed by atoms with Gasteiger partial charge in [0.25, 0.3) is 0 Å². The van der Waals surface area contributed by atoms with Gasteiger partial charge in [0.15, 0.2) is 0 Å². The molecule has 0 nitrogen and oxygen atoms in total. The van der Waals surface area contributed by atoms with E-state index in [0.717, 1.165) is 4.47 Å². The quantitative estimate of drug-likeness (QED) is 0.192. The second-order valence-electron chi connectivity index (χ2n) is 9.12. The van der Waals surface area contributed by atoms with Crippen molar-refractivity contribution in [1.82, 2.24) is 0 Å². The van der Waals surface area contributed by atoms with Gasteiger partial charge in [0.1, 0.15) is 0 Å². The summed E-state index contributed by atoms with van der Waals surface area (Å²) in [6.07, 6.45) is 2.33. The summed E-state index contributed by atoms with van der Waals surface area (Å²) in [5.41, 5.74) is 9.74. The molecule has 176 valence electrons. The maximum atomic E-state index is 3.53. The molecule has 0 amide bonds. The van der Waals surface area contributed by atoms with Crippen LogP contribution in [0, 0.1) is 0 Å². The molecule has 6 aromatic rings. The Morgan fingerprint density at radius 3 is 1.65 bits per heavy atom. The van der Waals surface area contributed by atoms with Gasteiger partial charge in [-0.3, -0.25) is 0 Å². The predicted octanol–water partition coefficient (Wildman–Crippen LogP) is 10.5. The maximum Gasteiger partial charge on any atom is 0.0175 e. The molecule has 37 heavy (non-hydrogen) atoms. The molecule has 1 heteroatoms. The van der Waals surface area contributed by atoms with E-state index in [1.807, 2.05) is 0 Å². The van der Waals surface area contributed by atoms with E-state index in [0.29, 0.717) is 0 Å². The Balaban J connectivity index is 1.48. The van der Waals surface area contributed by atoms with Crippen LogP contribution in [0.15, 0.2) is 150 Å². The van der Waals surface area contributed by atoms with Gasteiger partial charge in [-0.25, -0.2) is 0 Å². The lowest BCUT2D eigenvalue weighted by Gasteiger charge is -2.13. The number of rotatable bonds is 5. The molecule has 0 radical (unpaired) electrons. The van der Waals surface area contributed by atoms with Crippen LogP contribution in [0.3, 0.4) is 0 Å². The molecule has 0 unspecified atom stereocenters. The van der Waals surface area contributed by atoms with Crippen LogP contribution in [0.4, 0.5) is 0 Å². The van der Waals surface area contributed by atoms with Crippen molar-refractivity contribution in [3.8, 4) is 22.3 Å². The van der Waals surface area contributed by atoms with E-state index in [1.165, 1.54) is 55.3 Å². The minimum atomic E-state index is 1.09.